The molecule has 7 heteroatoms. The number of hydrogen-bond acceptors (Lipinski definition) is 6. The smallest absolute Gasteiger partial charge is 0.408 e. The summed E-state index contributed by atoms with van der Waals surface area (Å²) in [6, 6.07) is 8.55. The molecule has 1 amide bonds. The Hall–Kier alpha value is -2.57. The molecule has 0 fully saturated rings. The van der Waals surface area contributed by atoms with Gasteiger partial charge in [-0.25, -0.2) is 9.59 Å². The van der Waals surface area contributed by atoms with Crippen molar-refractivity contribution in [2.24, 2.45) is 11.8 Å². The first-order valence-electron chi connectivity index (χ1n) is 12.4. The highest BCUT2D eigenvalue weighted by Gasteiger charge is 2.33. The summed E-state index contributed by atoms with van der Waals surface area (Å²) in [7, 11) is 0. The van der Waals surface area contributed by atoms with Gasteiger partial charge in [-0.2, -0.15) is 0 Å². The standard InChI is InChI=1S/C27H43NO6/c1-8-10-14-20(4)22(17-23(29)32-18-21-15-12-11-13-16-21)33-25(30)24(19(3)9-2)28-26(31)34-27(5,6)7/h11-13,15-16,19-20,22,24H,8-10,14,17-18H2,1-7H3,(H,28,31)/t19-,20-,22-,24+/m0/s1. The minimum absolute atomic E-state index is 0.0349. The second-order valence-electron chi connectivity index (χ2n) is 9.95. The number of unbranched alkanes of at least 4 members (excludes halogenated alkanes) is 1. The first-order valence-corrected chi connectivity index (χ1v) is 12.4. The quantitative estimate of drug-likeness (QED) is 0.285. The Balaban J connectivity index is 2.89. The maximum Gasteiger partial charge on any atom is 0.408 e. The lowest BCUT2D eigenvalue weighted by molar-refractivity contribution is -0.161. The zero-order chi connectivity index (χ0) is 25.7. The maximum atomic E-state index is 13.1. The molecule has 0 unspecified atom stereocenters. The summed E-state index contributed by atoms with van der Waals surface area (Å²) in [4.78, 5) is 38.1. The summed E-state index contributed by atoms with van der Waals surface area (Å²) in [6.07, 6.45) is 2.07. The average molecular weight is 478 g/mol. The molecular weight excluding hydrogens is 434 g/mol. The van der Waals surface area contributed by atoms with Gasteiger partial charge >= 0.3 is 18.0 Å². The summed E-state index contributed by atoms with van der Waals surface area (Å²) >= 11 is 0. The monoisotopic (exact) mass is 477 g/mol. The van der Waals surface area contributed by atoms with E-state index in [1.54, 1.807) is 20.8 Å². The lowest BCUT2D eigenvalue weighted by atomic mass is 9.95. The van der Waals surface area contributed by atoms with Crippen molar-refractivity contribution >= 4 is 18.0 Å². The Labute approximate surface area is 204 Å². The predicted octanol–water partition coefficient (Wildman–Crippen LogP) is 5.80. The minimum Gasteiger partial charge on any atom is -0.461 e. The van der Waals surface area contributed by atoms with Crippen LogP contribution in [0.5, 0.6) is 0 Å². The number of ether oxygens (including phenoxy) is 3. The van der Waals surface area contributed by atoms with Crippen LogP contribution in [0.15, 0.2) is 30.3 Å². The van der Waals surface area contributed by atoms with Crippen LogP contribution in [0.4, 0.5) is 4.79 Å². The summed E-state index contributed by atoms with van der Waals surface area (Å²) < 4.78 is 16.6. The molecule has 34 heavy (non-hydrogen) atoms. The normalized spacial score (nSPS) is 14.9. The van der Waals surface area contributed by atoms with E-state index in [4.69, 9.17) is 14.2 Å². The molecule has 0 aliphatic rings. The molecule has 0 aromatic heterocycles. The fourth-order valence-electron chi connectivity index (χ4n) is 3.36. The number of rotatable bonds is 13. The highest BCUT2D eigenvalue weighted by molar-refractivity contribution is 5.82. The van der Waals surface area contributed by atoms with Crippen LogP contribution in [0.2, 0.25) is 0 Å². The molecule has 0 heterocycles. The summed E-state index contributed by atoms with van der Waals surface area (Å²) in [5.41, 5.74) is 0.204. The van der Waals surface area contributed by atoms with Crippen molar-refractivity contribution < 1.29 is 28.6 Å². The Morgan fingerprint density at radius 1 is 1.00 bits per heavy atom. The third kappa shape index (κ3) is 11.5. The van der Waals surface area contributed by atoms with Gasteiger partial charge in [0.25, 0.3) is 0 Å². The molecule has 0 aliphatic heterocycles. The molecule has 4 atom stereocenters. The number of alkyl carbamates (subject to hydrolysis) is 1. The van der Waals surface area contributed by atoms with Gasteiger partial charge in [-0.05, 0) is 44.6 Å². The van der Waals surface area contributed by atoms with Crippen molar-refractivity contribution in [2.75, 3.05) is 0 Å². The largest absolute Gasteiger partial charge is 0.461 e. The number of nitrogens with one attached hydrogen (secondary N) is 1. The molecule has 192 valence electrons. The molecule has 0 bridgehead atoms. The maximum absolute atomic E-state index is 13.1. The van der Waals surface area contributed by atoms with Gasteiger partial charge in [-0.15, -0.1) is 0 Å². The fourth-order valence-corrected chi connectivity index (χ4v) is 3.36. The van der Waals surface area contributed by atoms with Crippen molar-refractivity contribution in [2.45, 2.75) is 105 Å². The van der Waals surface area contributed by atoms with E-state index in [0.717, 1.165) is 24.8 Å². The summed E-state index contributed by atoms with van der Waals surface area (Å²) in [6.45, 7) is 13.3. The van der Waals surface area contributed by atoms with Crippen LogP contribution < -0.4 is 5.32 Å². The van der Waals surface area contributed by atoms with Crippen LogP contribution in [0, 0.1) is 11.8 Å². The highest BCUT2D eigenvalue weighted by Crippen LogP contribution is 2.22. The van der Waals surface area contributed by atoms with Crippen LogP contribution in [-0.4, -0.2) is 35.8 Å². The van der Waals surface area contributed by atoms with E-state index in [0.29, 0.717) is 6.42 Å². The van der Waals surface area contributed by atoms with Gasteiger partial charge in [-0.1, -0.05) is 77.3 Å². The van der Waals surface area contributed by atoms with E-state index in [1.807, 2.05) is 51.1 Å². The second kappa shape index (κ2) is 14.6. The topological polar surface area (TPSA) is 90.9 Å². The molecule has 7 nitrogen and oxygen atoms in total. The van der Waals surface area contributed by atoms with Gasteiger partial charge in [0.15, 0.2) is 0 Å². The van der Waals surface area contributed by atoms with Gasteiger partial charge < -0.3 is 19.5 Å². The number of carbonyl (C=O) groups excluding carboxylic acids is 3. The predicted molar refractivity (Wildman–Crippen MR) is 132 cm³/mol. The lowest BCUT2D eigenvalue weighted by Gasteiger charge is -2.29. The van der Waals surface area contributed by atoms with Crippen LogP contribution in [0.25, 0.3) is 0 Å². The van der Waals surface area contributed by atoms with E-state index < -0.39 is 35.8 Å². The lowest BCUT2D eigenvalue weighted by Crippen LogP contribution is -2.49. The third-order valence-corrected chi connectivity index (χ3v) is 5.66. The van der Waals surface area contributed by atoms with Gasteiger partial charge in [0.2, 0.25) is 0 Å². The summed E-state index contributed by atoms with van der Waals surface area (Å²) in [5, 5.41) is 2.66. The SMILES string of the molecule is CCCC[C@H](C)[C@H](CC(=O)OCc1ccccc1)OC(=O)[C@H](NC(=O)OC(C)(C)C)[C@@H](C)CC. The average Bonchev–Trinajstić information content (AvgIpc) is 2.78. The van der Waals surface area contributed by atoms with Crippen molar-refractivity contribution in [1.29, 1.82) is 0 Å². The van der Waals surface area contributed by atoms with Gasteiger partial charge in [0, 0.05) is 0 Å². The van der Waals surface area contributed by atoms with E-state index in [-0.39, 0.29) is 24.9 Å². The highest BCUT2D eigenvalue weighted by atomic mass is 16.6. The zero-order valence-electron chi connectivity index (χ0n) is 21.9. The number of esters is 2. The van der Waals surface area contributed by atoms with Gasteiger partial charge in [0.1, 0.15) is 24.4 Å². The Morgan fingerprint density at radius 2 is 1.65 bits per heavy atom. The molecule has 0 aliphatic carbocycles. The number of amides is 1. The minimum atomic E-state index is -0.874. The molecule has 1 N–H and O–H groups in total. The molecule has 1 aromatic rings. The van der Waals surface area contributed by atoms with Crippen LogP contribution in [0.1, 0.15) is 86.1 Å². The first-order chi connectivity index (χ1) is 16.0. The van der Waals surface area contributed by atoms with Gasteiger partial charge in [-0.3, -0.25) is 4.79 Å². The van der Waals surface area contributed by atoms with Crippen LogP contribution in [-0.2, 0) is 30.4 Å². The molecule has 0 spiro atoms. The van der Waals surface area contributed by atoms with Crippen molar-refractivity contribution in [3.8, 4) is 0 Å². The Morgan fingerprint density at radius 3 is 2.21 bits per heavy atom. The molecular formula is C27H43NO6. The molecule has 0 saturated carbocycles. The molecule has 0 radical (unpaired) electrons. The number of benzene rings is 1. The molecule has 1 aromatic carbocycles. The molecule has 1 rings (SSSR count). The molecule has 0 saturated heterocycles. The Kier molecular flexibility index (Phi) is 12.7. The first kappa shape index (κ1) is 29.5. The van der Waals surface area contributed by atoms with Crippen molar-refractivity contribution in [3.63, 3.8) is 0 Å². The van der Waals surface area contributed by atoms with Crippen LogP contribution in [0.3, 0.4) is 0 Å². The third-order valence-electron chi connectivity index (χ3n) is 5.66. The van der Waals surface area contributed by atoms with E-state index in [1.165, 1.54) is 0 Å². The second-order valence-corrected chi connectivity index (χ2v) is 9.95. The summed E-state index contributed by atoms with van der Waals surface area (Å²) in [5.74, 6) is -1.20. The van der Waals surface area contributed by atoms with E-state index in [9.17, 15) is 14.4 Å². The van der Waals surface area contributed by atoms with Gasteiger partial charge in [0.05, 0.1) is 6.42 Å². The fraction of sp³-hybridized carbons (Fsp3) is 0.667. The zero-order valence-corrected chi connectivity index (χ0v) is 21.9. The van der Waals surface area contributed by atoms with E-state index >= 15 is 0 Å². The number of hydrogen-bond donors (Lipinski definition) is 1. The van der Waals surface area contributed by atoms with Crippen molar-refractivity contribution in [1.82, 2.24) is 5.32 Å². The Bertz CT molecular complexity index is 758. The van der Waals surface area contributed by atoms with Crippen molar-refractivity contribution in [3.05, 3.63) is 35.9 Å². The van der Waals surface area contributed by atoms with Crippen LogP contribution >= 0.6 is 0 Å². The number of carbonyl (C=O) groups is 3. The van der Waals surface area contributed by atoms with E-state index in [2.05, 4.69) is 12.2 Å².